The summed E-state index contributed by atoms with van der Waals surface area (Å²) in [6.07, 6.45) is 8.44. The van der Waals surface area contributed by atoms with Crippen molar-refractivity contribution in [3.8, 4) is 11.5 Å². The van der Waals surface area contributed by atoms with Crippen molar-refractivity contribution in [2.24, 2.45) is 0 Å². The predicted molar refractivity (Wildman–Crippen MR) is 109 cm³/mol. The third-order valence-electron chi connectivity index (χ3n) is 4.71. The van der Waals surface area contributed by atoms with Gasteiger partial charge < -0.3 is 14.2 Å². The smallest absolute Gasteiger partial charge is 0.311 e. The van der Waals surface area contributed by atoms with E-state index in [0.717, 1.165) is 42.7 Å². The van der Waals surface area contributed by atoms with Crippen molar-refractivity contribution in [1.82, 2.24) is 0 Å². The van der Waals surface area contributed by atoms with Crippen LogP contribution in [-0.4, -0.2) is 31.4 Å². The molecule has 1 aliphatic heterocycles. The third kappa shape index (κ3) is 5.57. The van der Waals surface area contributed by atoms with Gasteiger partial charge in [-0.2, -0.15) is 0 Å². The zero-order valence-corrected chi connectivity index (χ0v) is 16.0. The van der Waals surface area contributed by atoms with E-state index in [4.69, 9.17) is 14.2 Å². The van der Waals surface area contributed by atoms with Crippen LogP contribution in [0.3, 0.4) is 0 Å². The van der Waals surface area contributed by atoms with E-state index < -0.39 is 4.92 Å². The van der Waals surface area contributed by atoms with Crippen LogP contribution < -0.4 is 9.47 Å². The van der Waals surface area contributed by atoms with Crippen LogP contribution in [0.25, 0.3) is 12.2 Å². The van der Waals surface area contributed by atoms with E-state index in [1.807, 2.05) is 36.4 Å². The molecule has 1 heterocycles. The summed E-state index contributed by atoms with van der Waals surface area (Å²) in [7, 11) is 1.42. The van der Waals surface area contributed by atoms with Gasteiger partial charge in [0.25, 0.3) is 0 Å². The highest BCUT2D eigenvalue weighted by atomic mass is 16.6. The van der Waals surface area contributed by atoms with E-state index in [1.54, 1.807) is 12.1 Å². The summed E-state index contributed by atoms with van der Waals surface area (Å²) >= 11 is 0. The Kier molecular flexibility index (Phi) is 7.03. The summed E-state index contributed by atoms with van der Waals surface area (Å²) in [6, 6.07) is 12.7. The van der Waals surface area contributed by atoms with Gasteiger partial charge in [0.05, 0.1) is 24.7 Å². The molecule has 0 aliphatic carbocycles. The molecule has 1 aliphatic rings. The molecule has 28 heavy (non-hydrogen) atoms. The minimum absolute atomic E-state index is 0.0494. The molecular weight excluding hydrogens is 358 g/mol. The van der Waals surface area contributed by atoms with Crippen LogP contribution in [0.2, 0.25) is 0 Å². The van der Waals surface area contributed by atoms with Crippen molar-refractivity contribution in [2.45, 2.75) is 31.8 Å². The van der Waals surface area contributed by atoms with Crippen molar-refractivity contribution in [1.29, 1.82) is 0 Å². The van der Waals surface area contributed by atoms with Crippen molar-refractivity contribution in [3.05, 3.63) is 63.7 Å². The molecule has 6 heteroatoms. The van der Waals surface area contributed by atoms with Crippen LogP contribution in [0.4, 0.5) is 5.69 Å². The fraction of sp³-hybridized carbons (Fsp3) is 0.364. The standard InChI is InChI=1S/C22H25NO5/c1-26-22-11-10-18(16-21(22)23(24)25)9-8-17-5-4-7-20(15-17)28-14-12-19-6-2-3-13-27-19/h4-5,7-11,15-16,19H,2-3,6,12-14H2,1H3/b9-8-. The first-order valence-corrected chi connectivity index (χ1v) is 9.50. The highest BCUT2D eigenvalue weighted by molar-refractivity contribution is 5.72. The molecule has 1 fully saturated rings. The molecule has 0 amide bonds. The van der Waals surface area contributed by atoms with Gasteiger partial charge in [0.15, 0.2) is 5.75 Å². The summed E-state index contributed by atoms with van der Waals surface area (Å²) in [5.74, 6) is 1.05. The van der Waals surface area contributed by atoms with Gasteiger partial charge in [0, 0.05) is 19.1 Å². The number of rotatable bonds is 8. The van der Waals surface area contributed by atoms with E-state index in [2.05, 4.69) is 0 Å². The molecule has 148 valence electrons. The highest BCUT2D eigenvalue weighted by Gasteiger charge is 2.14. The summed E-state index contributed by atoms with van der Waals surface area (Å²) in [6.45, 7) is 1.48. The lowest BCUT2D eigenvalue weighted by Gasteiger charge is -2.22. The molecule has 0 spiro atoms. The first-order chi connectivity index (χ1) is 13.7. The minimum atomic E-state index is -0.444. The van der Waals surface area contributed by atoms with Crippen LogP contribution in [0.5, 0.6) is 11.5 Å². The molecule has 6 nitrogen and oxygen atoms in total. The molecule has 0 N–H and O–H groups in total. The van der Waals surface area contributed by atoms with Gasteiger partial charge in [0.2, 0.25) is 0 Å². The van der Waals surface area contributed by atoms with Gasteiger partial charge in [-0.15, -0.1) is 0 Å². The number of benzene rings is 2. The second kappa shape index (κ2) is 9.90. The second-order valence-corrected chi connectivity index (χ2v) is 6.72. The topological polar surface area (TPSA) is 70.8 Å². The van der Waals surface area contributed by atoms with Gasteiger partial charge >= 0.3 is 5.69 Å². The van der Waals surface area contributed by atoms with E-state index >= 15 is 0 Å². The second-order valence-electron chi connectivity index (χ2n) is 6.72. The first-order valence-electron chi connectivity index (χ1n) is 9.50. The fourth-order valence-corrected chi connectivity index (χ4v) is 3.20. The maximum absolute atomic E-state index is 11.1. The largest absolute Gasteiger partial charge is 0.493 e. The first kappa shape index (κ1) is 19.9. The van der Waals surface area contributed by atoms with Crippen molar-refractivity contribution in [3.63, 3.8) is 0 Å². The number of nitro groups is 1. The van der Waals surface area contributed by atoms with Crippen LogP contribution >= 0.6 is 0 Å². The monoisotopic (exact) mass is 383 g/mol. The molecule has 0 aromatic heterocycles. The zero-order chi connectivity index (χ0) is 19.8. The van der Waals surface area contributed by atoms with E-state index in [9.17, 15) is 10.1 Å². The van der Waals surface area contributed by atoms with E-state index in [1.165, 1.54) is 19.6 Å². The Balaban J connectivity index is 1.60. The maximum atomic E-state index is 11.1. The molecule has 3 rings (SSSR count). The zero-order valence-electron chi connectivity index (χ0n) is 16.0. The number of hydrogen-bond acceptors (Lipinski definition) is 5. The molecule has 0 bridgehead atoms. The lowest BCUT2D eigenvalue weighted by Crippen LogP contribution is -2.21. The summed E-state index contributed by atoms with van der Waals surface area (Å²) < 4.78 is 16.6. The average Bonchev–Trinajstić information content (AvgIpc) is 2.73. The predicted octanol–water partition coefficient (Wildman–Crippen LogP) is 5.11. The molecular formula is C22H25NO5. The molecule has 0 radical (unpaired) electrons. The van der Waals surface area contributed by atoms with E-state index in [-0.39, 0.29) is 11.4 Å². The average molecular weight is 383 g/mol. The van der Waals surface area contributed by atoms with Crippen molar-refractivity contribution in [2.75, 3.05) is 20.3 Å². The number of nitro benzene ring substituents is 1. The number of nitrogens with zero attached hydrogens (tertiary/aromatic N) is 1. The van der Waals surface area contributed by atoms with Crippen LogP contribution in [0, 0.1) is 10.1 Å². The van der Waals surface area contributed by atoms with Gasteiger partial charge in [-0.3, -0.25) is 10.1 Å². The van der Waals surface area contributed by atoms with Gasteiger partial charge in [-0.05, 0) is 48.6 Å². The van der Waals surface area contributed by atoms with E-state index in [0.29, 0.717) is 12.7 Å². The minimum Gasteiger partial charge on any atom is -0.493 e. The van der Waals surface area contributed by atoms with Crippen LogP contribution in [0.15, 0.2) is 42.5 Å². The van der Waals surface area contributed by atoms with Gasteiger partial charge in [0.1, 0.15) is 5.75 Å². The molecule has 1 atom stereocenters. The van der Waals surface area contributed by atoms with Gasteiger partial charge in [-0.25, -0.2) is 0 Å². The summed E-state index contributed by atoms with van der Waals surface area (Å²) in [5.41, 5.74) is 1.64. The number of hydrogen-bond donors (Lipinski definition) is 0. The van der Waals surface area contributed by atoms with Crippen LogP contribution in [0.1, 0.15) is 36.8 Å². The third-order valence-corrected chi connectivity index (χ3v) is 4.71. The number of ether oxygens (including phenoxy) is 3. The Morgan fingerprint density at radius 3 is 2.71 bits per heavy atom. The summed E-state index contributed by atoms with van der Waals surface area (Å²) in [5, 5.41) is 11.1. The lowest BCUT2D eigenvalue weighted by atomic mass is 10.1. The Hall–Kier alpha value is -2.86. The Morgan fingerprint density at radius 2 is 2.00 bits per heavy atom. The van der Waals surface area contributed by atoms with Gasteiger partial charge in [-0.1, -0.05) is 30.4 Å². The lowest BCUT2D eigenvalue weighted by molar-refractivity contribution is -0.385. The molecule has 0 saturated carbocycles. The quantitative estimate of drug-likeness (QED) is 0.360. The van der Waals surface area contributed by atoms with Crippen molar-refractivity contribution < 1.29 is 19.1 Å². The summed E-state index contributed by atoms with van der Waals surface area (Å²) in [4.78, 5) is 10.7. The maximum Gasteiger partial charge on any atom is 0.311 e. The Morgan fingerprint density at radius 1 is 1.18 bits per heavy atom. The van der Waals surface area contributed by atoms with Crippen molar-refractivity contribution >= 4 is 17.8 Å². The van der Waals surface area contributed by atoms with Crippen LogP contribution in [-0.2, 0) is 4.74 Å². The molecule has 2 aromatic rings. The molecule has 2 aromatic carbocycles. The fourth-order valence-electron chi connectivity index (χ4n) is 3.20. The Labute approximate surface area is 164 Å². The number of methoxy groups -OCH3 is 1. The highest BCUT2D eigenvalue weighted by Crippen LogP contribution is 2.28. The SMILES string of the molecule is COc1ccc(/C=C\c2cccc(OCCC3CCCCO3)c2)cc1[N+](=O)[O-]. The molecule has 1 unspecified atom stereocenters. The molecule has 1 saturated heterocycles. The normalized spacial score (nSPS) is 16.8. The Bertz CT molecular complexity index is 827.